The van der Waals surface area contributed by atoms with E-state index in [-0.39, 0.29) is 17.7 Å². The molecule has 0 radical (unpaired) electrons. The molecule has 0 atom stereocenters. The first-order chi connectivity index (χ1) is 13.0. The maximum absolute atomic E-state index is 12.6. The van der Waals surface area contributed by atoms with Gasteiger partial charge in [-0.3, -0.25) is 9.59 Å². The van der Waals surface area contributed by atoms with Crippen LogP contribution < -0.4 is 5.32 Å². The molecule has 2 aromatic heterocycles. The Kier molecular flexibility index (Phi) is 6.22. The maximum Gasteiger partial charge on any atom is 0.348 e. The Labute approximate surface area is 168 Å². The zero-order chi connectivity index (χ0) is 19.4. The minimum absolute atomic E-state index is 0.0824. The Morgan fingerprint density at radius 3 is 2.52 bits per heavy atom. The first-order valence-electron chi connectivity index (χ1n) is 8.38. The summed E-state index contributed by atoms with van der Waals surface area (Å²) in [5.41, 5.74) is 0. The summed E-state index contributed by atoms with van der Waals surface area (Å²) >= 11 is 4.42. The van der Waals surface area contributed by atoms with Gasteiger partial charge >= 0.3 is 5.97 Å². The summed E-state index contributed by atoms with van der Waals surface area (Å²) in [4.78, 5) is 43.3. The predicted molar refractivity (Wildman–Crippen MR) is 105 cm³/mol. The van der Waals surface area contributed by atoms with Crippen molar-refractivity contribution in [3.05, 3.63) is 44.7 Å². The van der Waals surface area contributed by atoms with Crippen molar-refractivity contribution in [2.24, 2.45) is 5.92 Å². The molecule has 0 saturated carbocycles. The van der Waals surface area contributed by atoms with E-state index in [1.165, 1.54) is 7.11 Å². The predicted octanol–water partition coefficient (Wildman–Crippen LogP) is 3.18. The molecule has 1 aliphatic heterocycles. The molecule has 27 heavy (non-hydrogen) atoms. The van der Waals surface area contributed by atoms with Gasteiger partial charge in [0.25, 0.3) is 5.91 Å². The Balaban J connectivity index is 1.54. The Morgan fingerprint density at radius 2 is 1.89 bits per heavy atom. The van der Waals surface area contributed by atoms with Gasteiger partial charge in [-0.2, -0.15) is 0 Å². The van der Waals surface area contributed by atoms with E-state index in [4.69, 9.17) is 0 Å². The van der Waals surface area contributed by atoms with Crippen LogP contribution in [-0.2, 0) is 9.53 Å². The second-order valence-corrected chi connectivity index (χ2v) is 8.07. The largest absolute Gasteiger partial charge is 0.465 e. The van der Waals surface area contributed by atoms with Crippen LogP contribution in [0.4, 0.5) is 5.82 Å². The van der Waals surface area contributed by atoms with Crippen LogP contribution in [0.1, 0.15) is 32.2 Å². The number of esters is 1. The molecule has 9 heteroatoms. The highest BCUT2D eigenvalue weighted by Gasteiger charge is 2.29. The Bertz CT molecular complexity index is 845. The van der Waals surface area contributed by atoms with E-state index in [9.17, 15) is 14.4 Å². The number of halogens is 1. The number of amides is 2. The molecular formula is C18H18BrN3O4S. The highest BCUT2D eigenvalue weighted by atomic mass is 79.9. The van der Waals surface area contributed by atoms with Crippen molar-refractivity contribution in [3.8, 4) is 0 Å². The average molecular weight is 452 g/mol. The lowest BCUT2D eigenvalue weighted by atomic mass is 9.96. The van der Waals surface area contributed by atoms with Gasteiger partial charge in [0.2, 0.25) is 5.91 Å². The van der Waals surface area contributed by atoms with E-state index in [1.54, 1.807) is 29.3 Å². The van der Waals surface area contributed by atoms with E-state index in [0.717, 1.165) is 15.8 Å². The quantitative estimate of drug-likeness (QED) is 0.720. The van der Waals surface area contributed by atoms with Crippen LogP contribution >= 0.6 is 27.3 Å². The highest BCUT2D eigenvalue weighted by molar-refractivity contribution is 9.10. The number of hydrogen-bond acceptors (Lipinski definition) is 6. The lowest BCUT2D eigenvalue weighted by molar-refractivity contribution is -0.121. The molecule has 142 valence electrons. The number of ether oxygens (including phenoxy) is 1. The number of hydrogen-bond donors (Lipinski definition) is 1. The summed E-state index contributed by atoms with van der Waals surface area (Å²) in [5, 5.41) is 2.81. The molecule has 0 aliphatic carbocycles. The smallest absolute Gasteiger partial charge is 0.348 e. The lowest BCUT2D eigenvalue weighted by Crippen LogP contribution is -2.41. The molecule has 1 N–H and O–H groups in total. The van der Waals surface area contributed by atoms with Crippen LogP contribution in [0.5, 0.6) is 0 Å². The number of nitrogens with one attached hydrogen (secondary N) is 1. The molecule has 0 unspecified atom stereocenters. The minimum atomic E-state index is -0.448. The topological polar surface area (TPSA) is 88.6 Å². The fourth-order valence-corrected chi connectivity index (χ4v) is 3.97. The van der Waals surface area contributed by atoms with Crippen LogP contribution in [0.2, 0.25) is 0 Å². The zero-order valence-corrected chi connectivity index (χ0v) is 17.0. The molecule has 1 aliphatic rings. The third-order valence-electron chi connectivity index (χ3n) is 4.33. The second kappa shape index (κ2) is 8.62. The van der Waals surface area contributed by atoms with Gasteiger partial charge in [-0.1, -0.05) is 0 Å². The van der Waals surface area contributed by atoms with Crippen LogP contribution in [0.25, 0.3) is 0 Å². The number of carbonyl (C=O) groups is 3. The number of thiophene rings is 1. The van der Waals surface area contributed by atoms with Gasteiger partial charge in [0.05, 0.1) is 12.0 Å². The number of methoxy groups -OCH3 is 1. The van der Waals surface area contributed by atoms with Crippen molar-refractivity contribution < 1.29 is 19.1 Å². The molecule has 1 saturated heterocycles. The number of aromatic nitrogens is 1. The normalized spacial score (nSPS) is 14.7. The number of rotatable bonds is 4. The summed E-state index contributed by atoms with van der Waals surface area (Å²) in [6.07, 6.45) is 2.80. The number of anilines is 1. The standard InChI is InChI=1S/C18H18BrN3O4S/c1-26-18(25)14-4-3-13(27-14)17(24)22-8-6-11(7-9-22)16(23)21-15-5-2-12(19)10-20-15/h2-5,10-11H,6-9H2,1H3,(H,20,21,23). The van der Waals surface area contributed by atoms with Crippen LogP contribution in [0.3, 0.4) is 0 Å². The average Bonchev–Trinajstić information content (AvgIpc) is 3.19. The highest BCUT2D eigenvalue weighted by Crippen LogP contribution is 2.24. The number of piperidine rings is 1. The van der Waals surface area contributed by atoms with Crippen molar-refractivity contribution in [1.29, 1.82) is 0 Å². The summed E-state index contributed by atoms with van der Waals surface area (Å²) in [7, 11) is 1.31. The third kappa shape index (κ3) is 4.72. The Morgan fingerprint density at radius 1 is 1.19 bits per heavy atom. The van der Waals surface area contributed by atoms with Crippen LogP contribution in [-0.4, -0.2) is 47.9 Å². The molecule has 3 rings (SSSR count). The van der Waals surface area contributed by atoms with Crippen molar-refractivity contribution in [1.82, 2.24) is 9.88 Å². The lowest BCUT2D eigenvalue weighted by Gasteiger charge is -2.31. The van der Waals surface area contributed by atoms with Crippen molar-refractivity contribution in [2.75, 3.05) is 25.5 Å². The van der Waals surface area contributed by atoms with Crippen molar-refractivity contribution >= 4 is 50.9 Å². The minimum Gasteiger partial charge on any atom is -0.465 e. The van der Waals surface area contributed by atoms with E-state index in [1.807, 2.05) is 6.07 Å². The summed E-state index contributed by atoms with van der Waals surface area (Å²) in [6, 6.07) is 6.77. The SMILES string of the molecule is COC(=O)c1ccc(C(=O)N2CCC(C(=O)Nc3ccc(Br)cn3)CC2)s1. The van der Waals surface area contributed by atoms with Crippen LogP contribution in [0.15, 0.2) is 34.9 Å². The molecule has 1 fully saturated rings. The fourth-order valence-electron chi connectivity index (χ4n) is 2.84. The van der Waals surface area contributed by atoms with Gasteiger partial charge in [-0.25, -0.2) is 9.78 Å². The second-order valence-electron chi connectivity index (χ2n) is 6.07. The monoisotopic (exact) mass is 451 g/mol. The first kappa shape index (κ1) is 19.5. The molecule has 7 nitrogen and oxygen atoms in total. The molecule has 2 amide bonds. The van der Waals surface area contributed by atoms with E-state index >= 15 is 0 Å². The van der Waals surface area contributed by atoms with Gasteiger partial charge in [-0.15, -0.1) is 11.3 Å². The number of nitrogens with zero attached hydrogens (tertiary/aromatic N) is 2. The Hall–Kier alpha value is -2.26. The van der Waals surface area contributed by atoms with E-state index in [0.29, 0.717) is 41.5 Å². The molecule has 2 aromatic rings. The maximum atomic E-state index is 12.6. The molecule has 0 spiro atoms. The molecule has 3 heterocycles. The van der Waals surface area contributed by atoms with E-state index < -0.39 is 5.97 Å². The summed E-state index contributed by atoms with van der Waals surface area (Å²) in [6.45, 7) is 0.992. The number of carbonyl (C=O) groups excluding carboxylic acids is 3. The van der Waals surface area contributed by atoms with Gasteiger partial charge in [0.1, 0.15) is 10.7 Å². The van der Waals surface area contributed by atoms with E-state index in [2.05, 4.69) is 31.0 Å². The number of likely N-dealkylation sites (tertiary alicyclic amines) is 1. The fraction of sp³-hybridized carbons (Fsp3) is 0.333. The molecule has 0 aromatic carbocycles. The number of pyridine rings is 1. The van der Waals surface area contributed by atoms with Gasteiger partial charge in [-0.05, 0) is 53.0 Å². The first-order valence-corrected chi connectivity index (χ1v) is 9.98. The van der Waals surface area contributed by atoms with Gasteiger partial charge < -0.3 is 15.0 Å². The van der Waals surface area contributed by atoms with Gasteiger partial charge in [0, 0.05) is 29.7 Å². The molecular weight excluding hydrogens is 434 g/mol. The van der Waals surface area contributed by atoms with Crippen LogP contribution in [0, 0.1) is 5.92 Å². The molecule has 0 bridgehead atoms. The zero-order valence-electron chi connectivity index (χ0n) is 14.6. The summed E-state index contributed by atoms with van der Waals surface area (Å²) < 4.78 is 5.51. The van der Waals surface area contributed by atoms with Crippen molar-refractivity contribution in [3.63, 3.8) is 0 Å². The van der Waals surface area contributed by atoms with Crippen molar-refractivity contribution in [2.45, 2.75) is 12.8 Å². The summed E-state index contributed by atoms with van der Waals surface area (Å²) in [5.74, 6) is -0.301. The van der Waals surface area contributed by atoms with Gasteiger partial charge in [0.15, 0.2) is 0 Å². The third-order valence-corrected chi connectivity index (χ3v) is 5.86.